The normalized spacial score (nSPS) is 12.4. The van der Waals surface area contributed by atoms with Gasteiger partial charge >= 0.3 is 0 Å². The van der Waals surface area contributed by atoms with Crippen LogP contribution < -0.4 is 5.32 Å². The van der Waals surface area contributed by atoms with Crippen molar-refractivity contribution < 1.29 is 8.78 Å². The molecule has 0 saturated heterocycles. The van der Waals surface area contributed by atoms with Gasteiger partial charge in [-0.1, -0.05) is 18.5 Å². The second-order valence-electron chi connectivity index (χ2n) is 4.49. The molecule has 2 nitrogen and oxygen atoms in total. The molecular formula is C15H15ClF2N2. The molecule has 106 valence electrons. The number of hydrogen-bond donors (Lipinski definition) is 1. The van der Waals surface area contributed by atoms with E-state index in [1.165, 1.54) is 12.1 Å². The summed E-state index contributed by atoms with van der Waals surface area (Å²) in [5, 5.41) is 3.81. The lowest BCUT2D eigenvalue weighted by molar-refractivity contribution is 0.528. The summed E-state index contributed by atoms with van der Waals surface area (Å²) >= 11 is 5.81. The molecule has 0 spiro atoms. The van der Waals surface area contributed by atoms with Crippen LogP contribution in [0.2, 0.25) is 5.02 Å². The van der Waals surface area contributed by atoms with Gasteiger partial charge in [-0.05, 0) is 42.8 Å². The maximum absolute atomic E-state index is 13.2. The van der Waals surface area contributed by atoms with E-state index in [1.54, 1.807) is 12.3 Å². The Labute approximate surface area is 121 Å². The first-order chi connectivity index (χ1) is 9.58. The molecule has 1 aromatic carbocycles. The van der Waals surface area contributed by atoms with Crippen LogP contribution >= 0.6 is 11.6 Å². The van der Waals surface area contributed by atoms with Crippen molar-refractivity contribution in [1.29, 1.82) is 0 Å². The minimum Gasteiger partial charge on any atom is -0.309 e. The van der Waals surface area contributed by atoms with Gasteiger partial charge in [-0.3, -0.25) is 4.98 Å². The molecule has 0 bridgehead atoms. The number of rotatable bonds is 5. The maximum atomic E-state index is 13.2. The van der Waals surface area contributed by atoms with Crippen LogP contribution in [-0.4, -0.2) is 11.5 Å². The molecule has 1 heterocycles. The first kappa shape index (κ1) is 14.9. The van der Waals surface area contributed by atoms with E-state index in [9.17, 15) is 8.78 Å². The number of nitrogens with zero attached hydrogens (tertiary/aromatic N) is 1. The maximum Gasteiger partial charge on any atom is 0.126 e. The summed E-state index contributed by atoms with van der Waals surface area (Å²) in [5.74, 6) is -1.14. The molecule has 1 unspecified atom stereocenters. The molecule has 0 aliphatic rings. The van der Waals surface area contributed by atoms with E-state index in [4.69, 9.17) is 11.6 Å². The standard InChI is InChI=1S/C15H15ClF2N2/c1-2-19-15(14-4-3-11(16)9-20-14)7-10-5-12(17)8-13(18)6-10/h3-6,8-9,15,19H,2,7H2,1H3. The van der Waals surface area contributed by atoms with Gasteiger partial charge < -0.3 is 5.32 Å². The number of pyridine rings is 1. The molecule has 20 heavy (non-hydrogen) atoms. The van der Waals surface area contributed by atoms with Gasteiger partial charge in [0.1, 0.15) is 11.6 Å². The molecular weight excluding hydrogens is 282 g/mol. The third-order valence-corrected chi connectivity index (χ3v) is 3.14. The quantitative estimate of drug-likeness (QED) is 0.905. The summed E-state index contributed by atoms with van der Waals surface area (Å²) in [6.45, 7) is 2.70. The Hall–Kier alpha value is -1.52. The largest absolute Gasteiger partial charge is 0.309 e. The van der Waals surface area contributed by atoms with Gasteiger partial charge in [-0.15, -0.1) is 0 Å². The molecule has 0 aliphatic carbocycles. The van der Waals surface area contributed by atoms with Crippen molar-refractivity contribution in [3.8, 4) is 0 Å². The highest BCUT2D eigenvalue weighted by atomic mass is 35.5. The number of halogens is 3. The second kappa shape index (κ2) is 6.77. The molecule has 0 saturated carbocycles. The number of nitrogens with one attached hydrogen (secondary N) is 1. The predicted molar refractivity (Wildman–Crippen MR) is 75.7 cm³/mol. The number of benzene rings is 1. The van der Waals surface area contributed by atoms with Gasteiger partial charge in [-0.25, -0.2) is 8.78 Å². The Balaban J connectivity index is 2.22. The van der Waals surface area contributed by atoms with E-state index in [1.807, 2.05) is 13.0 Å². The topological polar surface area (TPSA) is 24.9 Å². The fourth-order valence-electron chi connectivity index (χ4n) is 2.09. The lowest BCUT2D eigenvalue weighted by Crippen LogP contribution is -2.24. The SMILES string of the molecule is CCNC(Cc1cc(F)cc(F)c1)c1ccc(Cl)cn1. The van der Waals surface area contributed by atoms with Gasteiger partial charge in [0.15, 0.2) is 0 Å². The molecule has 5 heteroatoms. The van der Waals surface area contributed by atoms with Crippen molar-refractivity contribution in [2.75, 3.05) is 6.54 Å². The van der Waals surface area contributed by atoms with E-state index >= 15 is 0 Å². The van der Waals surface area contributed by atoms with Crippen molar-refractivity contribution in [2.24, 2.45) is 0 Å². The first-order valence-electron chi connectivity index (χ1n) is 6.38. The van der Waals surface area contributed by atoms with Gasteiger partial charge in [0.2, 0.25) is 0 Å². The summed E-state index contributed by atoms with van der Waals surface area (Å²) in [4.78, 5) is 4.26. The summed E-state index contributed by atoms with van der Waals surface area (Å²) in [5.41, 5.74) is 1.38. The fourth-order valence-corrected chi connectivity index (χ4v) is 2.20. The van der Waals surface area contributed by atoms with Crippen LogP contribution in [-0.2, 0) is 6.42 Å². The molecule has 2 rings (SSSR count). The molecule has 1 aromatic heterocycles. The Kier molecular flexibility index (Phi) is 5.04. The summed E-state index contributed by atoms with van der Waals surface area (Å²) < 4.78 is 26.5. The predicted octanol–water partition coefficient (Wildman–Crippen LogP) is 3.91. The molecule has 0 radical (unpaired) electrons. The molecule has 1 N–H and O–H groups in total. The highest BCUT2D eigenvalue weighted by molar-refractivity contribution is 6.30. The monoisotopic (exact) mass is 296 g/mol. The van der Waals surface area contributed by atoms with Crippen molar-refractivity contribution >= 4 is 11.6 Å². The average molecular weight is 297 g/mol. The van der Waals surface area contributed by atoms with Gasteiger partial charge in [0, 0.05) is 12.3 Å². The van der Waals surface area contributed by atoms with Crippen LogP contribution in [0.15, 0.2) is 36.5 Å². The number of hydrogen-bond acceptors (Lipinski definition) is 2. The van der Waals surface area contributed by atoms with E-state index < -0.39 is 11.6 Å². The molecule has 2 aromatic rings. The Morgan fingerprint density at radius 2 is 1.90 bits per heavy atom. The van der Waals surface area contributed by atoms with Crippen LogP contribution in [0.5, 0.6) is 0 Å². The molecule has 0 amide bonds. The molecule has 1 atom stereocenters. The van der Waals surface area contributed by atoms with Crippen LogP contribution in [0.1, 0.15) is 24.2 Å². The first-order valence-corrected chi connectivity index (χ1v) is 6.76. The highest BCUT2D eigenvalue weighted by Gasteiger charge is 2.13. The highest BCUT2D eigenvalue weighted by Crippen LogP contribution is 2.19. The van der Waals surface area contributed by atoms with Crippen LogP contribution in [0.25, 0.3) is 0 Å². The van der Waals surface area contributed by atoms with Gasteiger partial charge in [0.05, 0.1) is 16.8 Å². The third kappa shape index (κ3) is 3.99. The van der Waals surface area contributed by atoms with E-state index in [0.717, 1.165) is 18.3 Å². The van der Waals surface area contributed by atoms with E-state index in [2.05, 4.69) is 10.3 Å². The summed E-state index contributed by atoms with van der Waals surface area (Å²) in [6, 6.07) is 6.99. The van der Waals surface area contributed by atoms with E-state index in [-0.39, 0.29) is 6.04 Å². The third-order valence-electron chi connectivity index (χ3n) is 2.92. The zero-order valence-electron chi connectivity index (χ0n) is 11.0. The number of aromatic nitrogens is 1. The lowest BCUT2D eigenvalue weighted by Gasteiger charge is -2.17. The van der Waals surface area contributed by atoms with Crippen LogP contribution in [0, 0.1) is 11.6 Å². The minimum atomic E-state index is -0.570. The Morgan fingerprint density at radius 1 is 1.20 bits per heavy atom. The summed E-state index contributed by atoms with van der Waals surface area (Å²) in [7, 11) is 0. The molecule has 0 aliphatic heterocycles. The van der Waals surface area contributed by atoms with Gasteiger partial charge in [-0.2, -0.15) is 0 Å². The molecule has 0 fully saturated rings. The zero-order chi connectivity index (χ0) is 14.5. The average Bonchev–Trinajstić information content (AvgIpc) is 2.38. The smallest absolute Gasteiger partial charge is 0.126 e. The Bertz CT molecular complexity index is 552. The van der Waals surface area contributed by atoms with Crippen LogP contribution in [0.4, 0.5) is 8.78 Å². The summed E-state index contributed by atoms with van der Waals surface area (Å²) in [6.07, 6.45) is 2.02. The number of likely N-dealkylation sites (N-methyl/N-ethyl adjacent to an activating group) is 1. The fraction of sp³-hybridized carbons (Fsp3) is 0.267. The minimum absolute atomic E-state index is 0.113. The van der Waals surface area contributed by atoms with E-state index in [0.29, 0.717) is 17.0 Å². The van der Waals surface area contributed by atoms with Gasteiger partial charge in [0.25, 0.3) is 0 Å². The van der Waals surface area contributed by atoms with Crippen molar-refractivity contribution in [3.63, 3.8) is 0 Å². The van der Waals surface area contributed by atoms with Crippen LogP contribution in [0.3, 0.4) is 0 Å². The second-order valence-corrected chi connectivity index (χ2v) is 4.93. The van der Waals surface area contributed by atoms with Crippen molar-refractivity contribution in [1.82, 2.24) is 10.3 Å². The van der Waals surface area contributed by atoms with Crippen molar-refractivity contribution in [3.05, 3.63) is 64.4 Å². The lowest BCUT2D eigenvalue weighted by atomic mass is 10.0. The Morgan fingerprint density at radius 3 is 2.45 bits per heavy atom. The van der Waals surface area contributed by atoms with Crippen molar-refractivity contribution in [2.45, 2.75) is 19.4 Å². The zero-order valence-corrected chi connectivity index (χ0v) is 11.8.